The highest BCUT2D eigenvalue weighted by molar-refractivity contribution is 5.88. The molecule has 1 saturated carbocycles. The summed E-state index contributed by atoms with van der Waals surface area (Å²) in [5, 5.41) is 2.93. The molecule has 2 heterocycles. The summed E-state index contributed by atoms with van der Waals surface area (Å²) in [6, 6.07) is 0.117. The van der Waals surface area contributed by atoms with Gasteiger partial charge in [-0.25, -0.2) is 4.98 Å². The van der Waals surface area contributed by atoms with E-state index in [0.29, 0.717) is 19.1 Å². The number of carbonyl (C=O) groups is 2. The lowest BCUT2D eigenvalue weighted by molar-refractivity contribution is -0.139. The summed E-state index contributed by atoms with van der Waals surface area (Å²) in [6.07, 6.45) is 8.65. The Balaban J connectivity index is 1.63. The topological polar surface area (TPSA) is 70.5 Å². The molecule has 1 saturated heterocycles. The van der Waals surface area contributed by atoms with Crippen LogP contribution >= 0.6 is 0 Å². The zero-order valence-electron chi connectivity index (χ0n) is 15.3. The number of carbonyl (C=O) groups excluding carboxylic acids is 2. The number of piperazine rings is 1. The molecule has 1 aliphatic carbocycles. The van der Waals surface area contributed by atoms with Crippen LogP contribution in [-0.4, -0.2) is 63.4 Å². The summed E-state index contributed by atoms with van der Waals surface area (Å²) in [5.41, 5.74) is 0. The number of aromatic nitrogens is 2. The quantitative estimate of drug-likeness (QED) is 0.833. The Labute approximate surface area is 149 Å². The number of nitrogens with zero attached hydrogens (tertiary/aromatic N) is 4. The highest BCUT2D eigenvalue weighted by Crippen LogP contribution is 2.27. The lowest BCUT2D eigenvalue weighted by atomic mass is 10.0. The van der Waals surface area contributed by atoms with E-state index in [9.17, 15) is 9.59 Å². The molecular weight excluding hydrogens is 318 g/mol. The molecule has 1 aliphatic heterocycles. The van der Waals surface area contributed by atoms with Crippen LogP contribution < -0.4 is 5.32 Å². The summed E-state index contributed by atoms with van der Waals surface area (Å²) < 4.78 is 2.03. The van der Waals surface area contributed by atoms with Gasteiger partial charge in [0.05, 0.1) is 19.0 Å². The molecule has 0 unspecified atom stereocenters. The van der Waals surface area contributed by atoms with Gasteiger partial charge in [0.15, 0.2) is 0 Å². The molecule has 1 aromatic rings. The van der Waals surface area contributed by atoms with Gasteiger partial charge in [-0.15, -0.1) is 0 Å². The lowest BCUT2D eigenvalue weighted by Crippen LogP contribution is -2.59. The summed E-state index contributed by atoms with van der Waals surface area (Å²) >= 11 is 0. The van der Waals surface area contributed by atoms with Crippen LogP contribution in [0.15, 0.2) is 12.4 Å². The fourth-order valence-electron chi connectivity index (χ4n) is 4.02. The molecule has 138 valence electrons. The maximum Gasteiger partial charge on any atom is 0.237 e. The second-order valence-electron chi connectivity index (χ2n) is 7.07. The first kappa shape index (κ1) is 17.9. The molecule has 25 heavy (non-hydrogen) atoms. The molecular formula is C18H29N5O2. The van der Waals surface area contributed by atoms with Crippen LogP contribution in [0.3, 0.4) is 0 Å². The van der Waals surface area contributed by atoms with Crippen molar-refractivity contribution in [1.82, 2.24) is 24.7 Å². The van der Waals surface area contributed by atoms with Gasteiger partial charge in [-0.2, -0.15) is 0 Å². The van der Waals surface area contributed by atoms with E-state index in [2.05, 4.69) is 22.1 Å². The molecule has 3 rings (SSSR count). The minimum atomic E-state index is -0.335. The normalized spacial score (nSPS) is 22.2. The predicted octanol–water partition coefficient (Wildman–Crippen LogP) is 0.995. The van der Waals surface area contributed by atoms with Gasteiger partial charge in [-0.1, -0.05) is 12.8 Å². The zero-order chi connectivity index (χ0) is 17.8. The number of rotatable bonds is 6. The van der Waals surface area contributed by atoms with E-state index in [-0.39, 0.29) is 24.3 Å². The lowest BCUT2D eigenvalue weighted by Gasteiger charge is -2.39. The summed E-state index contributed by atoms with van der Waals surface area (Å²) in [4.78, 5) is 33.4. The zero-order valence-corrected chi connectivity index (χ0v) is 15.3. The third kappa shape index (κ3) is 4.03. The van der Waals surface area contributed by atoms with Crippen molar-refractivity contribution in [2.24, 2.45) is 0 Å². The van der Waals surface area contributed by atoms with Crippen LogP contribution in [0.1, 0.15) is 44.9 Å². The van der Waals surface area contributed by atoms with Crippen LogP contribution in [0.5, 0.6) is 0 Å². The Morgan fingerprint density at radius 3 is 2.88 bits per heavy atom. The number of aryl methyl sites for hydroxylation is 1. The van der Waals surface area contributed by atoms with Crippen LogP contribution in [0.2, 0.25) is 0 Å². The second-order valence-corrected chi connectivity index (χ2v) is 7.07. The van der Waals surface area contributed by atoms with Gasteiger partial charge >= 0.3 is 0 Å². The van der Waals surface area contributed by atoms with Crippen molar-refractivity contribution >= 4 is 11.8 Å². The summed E-state index contributed by atoms with van der Waals surface area (Å²) in [6.45, 7) is 4.89. The Bertz CT molecular complexity index is 608. The monoisotopic (exact) mass is 347 g/mol. The van der Waals surface area contributed by atoms with Gasteiger partial charge in [0.1, 0.15) is 5.82 Å². The van der Waals surface area contributed by atoms with Crippen molar-refractivity contribution < 1.29 is 9.59 Å². The van der Waals surface area contributed by atoms with E-state index in [4.69, 9.17) is 0 Å². The molecule has 0 radical (unpaired) electrons. The molecule has 1 N–H and O–H groups in total. The van der Waals surface area contributed by atoms with Gasteiger partial charge in [0.25, 0.3) is 0 Å². The van der Waals surface area contributed by atoms with E-state index in [1.165, 1.54) is 12.8 Å². The summed E-state index contributed by atoms with van der Waals surface area (Å²) in [5.74, 6) is 0.866. The highest BCUT2D eigenvalue weighted by atomic mass is 16.2. The van der Waals surface area contributed by atoms with Crippen LogP contribution in [0, 0.1) is 0 Å². The van der Waals surface area contributed by atoms with Crippen LogP contribution in [-0.2, 0) is 22.7 Å². The molecule has 0 spiro atoms. The van der Waals surface area contributed by atoms with Gasteiger partial charge in [0.2, 0.25) is 11.8 Å². The SMILES string of the molecule is CCn1ccnc1CN(C)C(=O)C[C@@H]1C(=O)NCCN1C1CCCC1. The van der Waals surface area contributed by atoms with Crippen molar-refractivity contribution in [2.75, 3.05) is 20.1 Å². The molecule has 2 fully saturated rings. The maximum atomic E-state index is 12.7. The fraction of sp³-hybridized carbons (Fsp3) is 0.722. The van der Waals surface area contributed by atoms with E-state index in [1.807, 2.05) is 10.8 Å². The third-order valence-corrected chi connectivity index (χ3v) is 5.48. The van der Waals surface area contributed by atoms with Crippen molar-refractivity contribution in [3.8, 4) is 0 Å². The average Bonchev–Trinajstić information content (AvgIpc) is 3.27. The van der Waals surface area contributed by atoms with Crippen molar-refractivity contribution in [3.63, 3.8) is 0 Å². The van der Waals surface area contributed by atoms with Gasteiger partial charge < -0.3 is 14.8 Å². The molecule has 7 nitrogen and oxygen atoms in total. The second kappa shape index (κ2) is 7.99. The first-order valence-corrected chi connectivity index (χ1v) is 9.37. The average molecular weight is 347 g/mol. The standard InChI is InChI=1S/C18H29N5O2/c1-3-22-10-8-19-16(22)13-21(2)17(24)12-15-18(25)20-9-11-23(15)14-6-4-5-7-14/h8,10,14-15H,3-7,9,11-13H2,1-2H3,(H,20,25)/t15-/m1/s1. The van der Waals surface area contributed by atoms with E-state index < -0.39 is 0 Å². The summed E-state index contributed by atoms with van der Waals surface area (Å²) in [7, 11) is 1.79. The van der Waals surface area contributed by atoms with Crippen LogP contribution in [0.4, 0.5) is 0 Å². The maximum absolute atomic E-state index is 12.7. The molecule has 1 atom stereocenters. The first-order valence-electron chi connectivity index (χ1n) is 9.37. The Morgan fingerprint density at radius 1 is 1.40 bits per heavy atom. The first-order chi connectivity index (χ1) is 12.1. The molecule has 0 bridgehead atoms. The highest BCUT2D eigenvalue weighted by Gasteiger charge is 2.37. The van der Waals surface area contributed by atoms with Crippen LogP contribution in [0.25, 0.3) is 0 Å². The van der Waals surface area contributed by atoms with E-state index >= 15 is 0 Å². The Kier molecular flexibility index (Phi) is 5.73. The molecule has 1 aromatic heterocycles. The number of hydrogen-bond donors (Lipinski definition) is 1. The molecule has 2 amide bonds. The van der Waals surface area contributed by atoms with Gasteiger partial charge in [-0.3, -0.25) is 14.5 Å². The number of amides is 2. The molecule has 0 aromatic carbocycles. The molecule has 7 heteroatoms. The number of imidazole rings is 1. The minimum Gasteiger partial charge on any atom is -0.353 e. The van der Waals surface area contributed by atoms with E-state index in [0.717, 1.165) is 31.8 Å². The molecule has 2 aliphatic rings. The van der Waals surface area contributed by atoms with Gasteiger partial charge in [-0.05, 0) is 19.8 Å². The van der Waals surface area contributed by atoms with Crippen molar-refractivity contribution in [1.29, 1.82) is 0 Å². The van der Waals surface area contributed by atoms with Gasteiger partial charge in [0, 0.05) is 45.1 Å². The van der Waals surface area contributed by atoms with E-state index in [1.54, 1.807) is 18.1 Å². The Morgan fingerprint density at radius 2 is 2.16 bits per heavy atom. The smallest absolute Gasteiger partial charge is 0.237 e. The van der Waals surface area contributed by atoms with Crippen molar-refractivity contribution in [2.45, 2.75) is 64.2 Å². The van der Waals surface area contributed by atoms with Crippen molar-refractivity contribution in [3.05, 3.63) is 18.2 Å². The fourth-order valence-corrected chi connectivity index (χ4v) is 4.02. The third-order valence-electron chi connectivity index (χ3n) is 5.48. The largest absolute Gasteiger partial charge is 0.353 e. The minimum absolute atomic E-state index is 0.00398. The number of hydrogen-bond acceptors (Lipinski definition) is 4. The Hall–Kier alpha value is -1.89. The number of nitrogens with one attached hydrogen (secondary N) is 1. The predicted molar refractivity (Wildman–Crippen MR) is 94.8 cm³/mol.